The average Bonchev–Trinajstić information content (AvgIpc) is 3.53. The largest absolute Gasteiger partial charge is 0.378 e. The van der Waals surface area contributed by atoms with Crippen LogP contribution in [-0.4, -0.2) is 86.8 Å². The molecule has 0 aliphatic carbocycles. The van der Waals surface area contributed by atoms with Crippen LogP contribution in [0, 0.1) is 11.7 Å². The molecule has 1 aromatic carbocycles. The number of aromatic nitrogens is 5. The summed E-state index contributed by atoms with van der Waals surface area (Å²) in [7, 11) is 0. The number of ether oxygens (including phenoxy) is 1. The molecular weight excluding hydrogens is 513 g/mol. The lowest BCUT2D eigenvalue weighted by Gasteiger charge is -2.40. The molecule has 2 aliphatic heterocycles. The first-order chi connectivity index (χ1) is 19.2. The lowest BCUT2D eigenvalue weighted by Crippen LogP contribution is -2.57. The standard InChI is InChI=1S/C28H36FN9O2/c1-4-38-21(16-36-14-17(15-36)13-32-28(2,3)27(30)39)33-23-25(37-9-11-40-12-10-37)34-24(35-26(23)38)22-18-7-8-31-20(18)6-5-19(22)29/h5-8,17,31-32H,4,9-16H2,1-3H3,(H2,30,39). The molecule has 3 aromatic heterocycles. The van der Waals surface area contributed by atoms with Crippen molar-refractivity contribution in [2.24, 2.45) is 11.7 Å². The van der Waals surface area contributed by atoms with Gasteiger partial charge in [-0.05, 0) is 44.9 Å². The minimum Gasteiger partial charge on any atom is -0.378 e. The molecule has 5 heterocycles. The van der Waals surface area contributed by atoms with Crippen molar-refractivity contribution in [3.8, 4) is 11.4 Å². The summed E-state index contributed by atoms with van der Waals surface area (Å²) in [6.45, 7) is 12.1. The normalized spacial score (nSPS) is 17.1. The SMILES string of the molecule is CCn1c(CN2CC(CNC(C)(C)C(N)=O)C2)nc2c(N3CCOCC3)nc(-c3c(F)ccc4[nH]ccc34)nc21. The first kappa shape index (κ1) is 26.6. The molecule has 2 aliphatic rings. The number of rotatable bonds is 9. The number of hydrogen-bond acceptors (Lipinski definition) is 8. The van der Waals surface area contributed by atoms with E-state index < -0.39 is 5.54 Å². The molecule has 0 atom stereocenters. The third kappa shape index (κ3) is 4.80. The van der Waals surface area contributed by atoms with Crippen LogP contribution in [0.25, 0.3) is 33.5 Å². The summed E-state index contributed by atoms with van der Waals surface area (Å²) < 4.78 is 23.0. The van der Waals surface area contributed by atoms with E-state index in [4.69, 9.17) is 25.4 Å². The third-order valence-corrected chi connectivity index (χ3v) is 8.04. The molecule has 0 saturated carbocycles. The van der Waals surface area contributed by atoms with Gasteiger partial charge in [0.15, 0.2) is 22.8 Å². The Labute approximate surface area is 231 Å². The van der Waals surface area contributed by atoms with Gasteiger partial charge in [-0.15, -0.1) is 0 Å². The summed E-state index contributed by atoms with van der Waals surface area (Å²) >= 11 is 0. The molecule has 2 fully saturated rings. The molecule has 212 valence electrons. The molecule has 0 unspecified atom stereocenters. The predicted molar refractivity (Wildman–Crippen MR) is 151 cm³/mol. The highest BCUT2D eigenvalue weighted by Gasteiger charge is 2.32. The second-order valence-corrected chi connectivity index (χ2v) is 11.2. The lowest BCUT2D eigenvalue weighted by atomic mass is 9.97. The highest BCUT2D eigenvalue weighted by atomic mass is 19.1. The number of aromatic amines is 1. The van der Waals surface area contributed by atoms with E-state index in [2.05, 4.69) is 31.6 Å². The molecule has 4 N–H and O–H groups in total. The van der Waals surface area contributed by atoms with Gasteiger partial charge < -0.3 is 30.2 Å². The van der Waals surface area contributed by atoms with E-state index in [1.54, 1.807) is 26.1 Å². The number of anilines is 1. The first-order valence-corrected chi connectivity index (χ1v) is 13.9. The monoisotopic (exact) mass is 549 g/mol. The van der Waals surface area contributed by atoms with Gasteiger partial charge in [0, 0.05) is 56.4 Å². The van der Waals surface area contributed by atoms with Crippen molar-refractivity contribution in [3.63, 3.8) is 0 Å². The van der Waals surface area contributed by atoms with Gasteiger partial charge in [0.1, 0.15) is 11.6 Å². The lowest BCUT2D eigenvalue weighted by molar-refractivity contribution is -0.123. The van der Waals surface area contributed by atoms with E-state index >= 15 is 4.39 Å². The van der Waals surface area contributed by atoms with Crippen molar-refractivity contribution in [3.05, 3.63) is 36.0 Å². The van der Waals surface area contributed by atoms with Gasteiger partial charge in [0.2, 0.25) is 5.91 Å². The van der Waals surface area contributed by atoms with Crippen molar-refractivity contribution in [2.75, 3.05) is 50.8 Å². The Kier molecular flexibility index (Phi) is 6.93. The highest BCUT2D eigenvalue weighted by Crippen LogP contribution is 2.34. The minimum atomic E-state index is -0.729. The number of imidazole rings is 1. The number of benzene rings is 1. The van der Waals surface area contributed by atoms with Crippen LogP contribution in [-0.2, 0) is 22.6 Å². The topological polar surface area (TPSA) is 130 Å². The van der Waals surface area contributed by atoms with Crippen molar-refractivity contribution in [1.82, 2.24) is 34.7 Å². The third-order valence-electron chi connectivity index (χ3n) is 8.04. The van der Waals surface area contributed by atoms with Gasteiger partial charge in [-0.25, -0.2) is 19.3 Å². The zero-order valence-electron chi connectivity index (χ0n) is 23.2. The number of primary amides is 1. The smallest absolute Gasteiger partial charge is 0.237 e. The second-order valence-electron chi connectivity index (χ2n) is 11.2. The molecule has 0 bridgehead atoms. The number of carbonyl (C=O) groups is 1. The van der Waals surface area contributed by atoms with Gasteiger partial charge in [-0.1, -0.05) is 0 Å². The number of likely N-dealkylation sites (tertiary alicyclic amines) is 1. The number of amides is 1. The van der Waals surface area contributed by atoms with Crippen molar-refractivity contribution in [2.45, 2.75) is 39.4 Å². The summed E-state index contributed by atoms with van der Waals surface area (Å²) in [4.78, 5) is 34.2. The van der Waals surface area contributed by atoms with Gasteiger partial charge in [-0.2, -0.15) is 0 Å². The van der Waals surface area contributed by atoms with Gasteiger partial charge >= 0.3 is 0 Å². The van der Waals surface area contributed by atoms with E-state index in [1.165, 1.54) is 6.07 Å². The molecule has 40 heavy (non-hydrogen) atoms. The number of H-pyrrole nitrogens is 1. The number of carbonyl (C=O) groups excluding carboxylic acids is 1. The van der Waals surface area contributed by atoms with E-state index in [9.17, 15) is 4.79 Å². The molecule has 0 radical (unpaired) electrons. The fraction of sp³-hybridized carbons (Fsp3) is 0.500. The number of nitrogens with two attached hydrogens (primary N) is 1. The highest BCUT2D eigenvalue weighted by molar-refractivity contribution is 5.95. The maximum Gasteiger partial charge on any atom is 0.237 e. The van der Waals surface area contributed by atoms with Gasteiger partial charge in [0.05, 0.1) is 30.9 Å². The van der Waals surface area contributed by atoms with Crippen LogP contribution in [0.1, 0.15) is 26.6 Å². The summed E-state index contributed by atoms with van der Waals surface area (Å²) in [5.41, 5.74) is 7.42. The van der Waals surface area contributed by atoms with E-state index in [-0.39, 0.29) is 11.7 Å². The first-order valence-electron chi connectivity index (χ1n) is 13.9. The molecule has 0 spiro atoms. The summed E-state index contributed by atoms with van der Waals surface area (Å²) in [6.07, 6.45) is 1.80. The average molecular weight is 550 g/mol. The van der Waals surface area contributed by atoms with E-state index in [1.807, 2.05) is 6.07 Å². The molecule has 12 heteroatoms. The van der Waals surface area contributed by atoms with Crippen LogP contribution in [0.3, 0.4) is 0 Å². The molecule has 4 aromatic rings. The quantitative estimate of drug-likeness (QED) is 0.290. The number of hydrogen-bond donors (Lipinski definition) is 3. The number of aryl methyl sites for hydroxylation is 1. The molecule has 11 nitrogen and oxygen atoms in total. The molecular formula is C28H36FN9O2. The Hall–Kier alpha value is -3.61. The van der Waals surface area contributed by atoms with Crippen LogP contribution in [0.2, 0.25) is 0 Å². The van der Waals surface area contributed by atoms with Crippen molar-refractivity contribution < 1.29 is 13.9 Å². The Morgan fingerprint density at radius 2 is 1.98 bits per heavy atom. The second kappa shape index (κ2) is 10.4. The number of nitrogens with zero attached hydrogens (tertiary/aromatic N) is 6. The van der Waals surface area contributed by atoms with Gasteiger partial charge in [0.25, 0.3) is 0 Å². The minimum absolute atomic E-state index is 0.352. The predicted octanol–water partition coefficient (Wildman–Crippen LogP) is 2.26. The maximum atomic E-state index is 15.3. The summed E-state index contributed by atoms with van der Waals surface area (Å²) in [5.74, 6) is 1.68. The van der Waals surface area contributed by atoms with E-state index in [0.717, 1.165) is 41.9 Å². The van der Waals surface area contributed by atoms with Crippen molar-refractivity contribution >= 4 is 33.8 Å². The Morgan fingerprint density at radius 1 is 1.20 bits per heavy atom. The Bertz CT molecular complexity index is 1550. The van der Waals surface area contributed by atoms with E-state index in [0.29, 0.717) is 68.2 Å². The van der Waals surface area contributed by atoms with Crippen LogP contribution >= 0.6 is 0 Å². The van der Waals surface area contributed by atoms with Crippen LogP contribution in [0.4, 0.5) is 10.2 Å². The fourth-order valence-corrected chi connectivity index (χ4v) is 5.55. The summed E-state index contributed by atoms with van der Waals surface area (Å²) in [5, 5.41) is 4.03. The fourth-order valence-electron chi connectivity index (χ4n) is 5.55. The zero-order valence-corrected chi connectivity index (χ0v) is 23.2. The number of nitrogens with one attached hydrogen (secondary N) is 2. The number of halogens is 1. The van der Waals surface area contributed by atoms with Crippen LogP contribution < -0.4 is 16.0 Å². The number of morpholine rings is 1. The molecule has 2 saturated heterocycles. The Morgan fingerprint density at radius 3 is 2.70 bits per heavy atom. The molecule has 6 rings (SSSR count). The maximum absolute atomic E-state index is 15.3. The molecule has 1 amide bonds. The van der Waals surface area contributed by atoms with Crippen molar-refractivity contribution in [1.29, 1.82) is 0 Å². The zero-order chi connectivity index (χ0) is 28.0. The van der Waals surface area contributed by atoms with Crippen LogP contribution in [0.15, 0.2) is 24.4 Å². The number of fused-ring (bicyclic) bond motifs is 2. The van der Waals surface area contributed by atoms with Crippen LogP contribution in [0.5, 0.6) is 0 Å². The summed E-state index contributed by atoms with van der Waals surface area (Å²) in [6, 6.07) is 5.05. The Balaban J connectivity index is 1.34. The van der Waals surface area contributed by atoms with Gasteiger partial charge in [-0.3, -0.25) is 9.69 Å².